The van der Waals surface area contributed by atoms with Gasteiger partial charge in [-0.2, -0.15) is 0 Å². The molecule has 0 radical (unpaired) electrons. The van der Waals surface area contributed by atoms with Gasteiger partial charge in [-0.05, 0) is 54.3 Å². The number of methoxy groups -OCH3 is 1. The third-order valence-corrected chi connectivity index (χ3v) is 4.62. The summed E-state index contributed by atoms with van der Waals surface area (Å²) in [5.41, 5.74) is 2.11. The number of thiophene rings is 1. The summed E-state index contributed by atoms with van der Waals surface area (Å²) in [4.78, 5) is 1.33. The Bertz CT molecular complexity index is 576. The molecule has 0 fully saturated rings. The molecular formula is C19H26O2S. The lowest BCUT2D eigenvalue weighted by molar-refractivity contribution is 0.262. The summed E-state index contributed by atoms with van der Waals surface area (Å²) in [6, 6.07) is 2.19. The Balaban J connectivity index is 3.16. The molecule has 22 heavy (non-hydrogen) atoms. The van der Waals surface area contributed by atoms with E-state index in [4.69, 9.17) is 4.74 Å². The quantitative estimate of drug-likeness (QED) is 0.350. The third kappa shape index (κ3) is 5.23. The number of rotatable bonds is 8. The summed E-state index contributed by atoms with van der Waals surface area (Å²) in [7, 11) is 1.56. The maximum absolute atomic E-state index is 10.1. The lowest BCUT2D eigenvalue weighted by Gasteiger charge is -2.05. The highest BCUT2D eigenvalue weighted by Crippen LogP contribution is 2.30. The van der Waals surface area contributed by atoms with Crippen molar-refractivity contribution in [3.8, 4) is 0 Å². The zero-order valence-corrected chi connectivity index (χ0v) is 14.7. The molecule has 0 saturated heterocycles. The first-order valence-electron chi connectivity index (χ1n) is 7.55. The summed E-state index contributed by atoms with van der Waals surface area (Å²) in [6.45, 7) is 9.85. The summed E-state index contributed by atoms with van der Waals surface area (Å²) in [6.07, 6.45) is 9.77. The van der Waals surface area contributed by atoms with Crippen LogP contribution in [-0.4, -0.2) is 12.2 Å². The van der Waals surface area contributed by atoms with Gasteiger partial charge in [-0.1, -0.05) is 32.1 Å². The van der Waals surface area contributed by atoms with Crippen LogP contribution in [0.1, 0.15) is 50.0 Å². The van der Waals surface area contributed by atoms with Crippen molar-refractivity contribution in [1.82, 2.24) is 0 Å². The molecule has 1 rings (SSSR count). The summed E-state index contributed by atoms with van der Waals surface area (Å²) < 4.78 is 5.08. The Hall–Kier alpha value is -1.74. The van der Waals surface area contributed by atoms with E-state index in [0.29, 0.717) is 11.7 Å². The van der Waals surface area contributed by atoms with Gasteiger partial charge in [0.1, 0.15) is 5.76 Å². The van der Waals surface area contributed by atoms with Crippen LogP contribution in [0.25, 0.3) is 5.57 Å². The van der Waals surface area contributed by atoms with Gasteiger partial charge >= 0.3 is 0 Å². The van der Waals surface area contributed by atoms with E-state index >= 15 is 0 Å². The minimum atomic E-state index is 0.158. The van der Waals surface area contributed by atoms with E-state index in [1.54, 1.807) is 31.4 Å². The average molecular weight is 318 g/mol. The smallest absolute Gasteiger partial charge is 0.153 e. The van der Waals surface area contributed by atoms with Crippen LogP contribution in [0.2, 0.25) is 0 Å². The van der Waals surface area contributed by atoms with Gasteiger partial charge in [0.05, 0.1) is 7.11 Å². The molecule has 1 heterocycles. The first kappa shape index (κ1) is 18.3. The molecule has 1 N–H and O–H groups in total. The number of allylic oxidation sites excluding steroid dienone is 6. The van der Waals surface area contributed by atoms with Gasteiger partial charge in [0, 0.05) is 4.88 Å². The largest absolute Gasteiger partial charge is 0.504 e. The van der Waals surface area contributed by atoms with Gasteiger partial charge in [-0.25, -0.2) is 0 Å². The molecule has 0 aliphatic rings. The van der Waals surface area contributed by atoms with Crippen LogP contribution in [0.4, 0.5) is 0 Å². The van der Waals surface area contributed by atoms with Crippen molar-refractivity contribution in [1.29, 1.82) is 0 Å². The summed E-state index contributed by atoms with van der Waals surface area (Å²) in [5, 5.41) is 12.2. The van der Waals surface area contributed by atoms with Crippen LogP contribution < -0.4 is 0 Å². The molecule has 1 atom stereocenters. The Morgan fingerprint density at radius 1 is 1.50 bits per heavy atom. The topological polar surface area (TPSA) is 29.5 Å². The lowest BCUT2D eigenvalue weighted by atomic mass is 10.0. The Labute approximate surface area is 138 Å². The van der Waals surface area contributed by atoms with Crippen LogP contribution >= 0.6 is 11.3 Å². The maximum atomic E-state index is 10.1. The molecule has 0 aromatic carbocycles. The van der Waals surface area contributed by atoms with E-state index in [1.807, 2.05) is 12.2 Å². The van der Waals surface area contributed by atoms with E-state index in [1.165, 1.54) is 4.88 Å². The fraction of sp³-hybridized carbons (Fsp3) is 0.368. The summed E-state index contributed by atoms with van der Waals surface area (Å²) >= 11 is 1.75. The van der Waals surface area contributed by atoms with Gasteiger partial charge in [0.25, 0.3) is 0 Å². The van der Waals surface area contributed by atoms with E-state index in [0.717, 1.165) is 24.0 Å². The van der Waals surface area contributed by atoms with Crippen LogP contribution in [-0.2, 0) is 4.74 Å². The fourth-order valence-electron chi connectivity index (χ4n) is 1.95. The van der Waals surface area contributed by atoms with Gasteiger partial charge in [-0.3, -0.25) is 0 Å². The van der Waals surface area contributed by atoms with Crippen LogP contribution in [0.5, 0.6) is 0 Å². The molecule has 120 valence electrons. The minimum absolute atomic E-state index is 0.158. The number of hydrogen-bond acceptors (Lipinski definition) is 3. The van der Waals surface area contributed by atoms with E-state index < -0.39 is 0 Å². The van der Waals surface area contributed by atoms with Crippen LogP contribution in [0.3, 0.4) is 0 Å². The van der Waals surface area contributed by atoms with Crippen molar-refractivity contribution in [3.63, 3.8) is 0 Å². The predicted molar refractivity (Wildman–Crippen MR) is 97.3 cm³/mol. The molecule has 0 saturated carbocycles. The van der Waals surface area contributed by atoms with Crippen molar-refractivity contribution in [2.45, 2.75) is 39.5 Å². The molecule has 1 aromatic heterocycles. The Kier molecular flexibility index (Phi) is 7.75. The van der Waals surface area contributed by atoms with Gasteiger partial charge in [-0.15, -0.1) is 17.9 Å². The fourth-order valence-corrected chi connectivity index (χ4v) is 2.95. The van der Waals surface area contributed by atoms with E-state index in [2.05, 4.69) is 37.9 Å². The van der Waals surface area contributed by atoms with Crippen LogP contribution in [0.15, 0.2) is 53.8 Å². The Morgan fingerprint density at radius 3 is 2.82 bits per heavy atom. The van der Waals surface area contributed by atoms with Crippen molar-refractivity contribution in [2.24, 2.45) is 0 Å². The number of aliphatic hydroxyl groups excluding tert-OH is 1. The first-order valence-corrected chi connectivity index (χ1v) is 8.43. The second kappa shape index (κ2) is 9.31. The number of aliphatic hydroxyl groups is 1. The van der Waals surface area contributed by atoms with Gasteiger partial charge in [0.2, 0.25) is 0 Å². The Morgan fingerprint density at radius 2 is 2.23 bits per heavy atom. The van der Waals surface area contributed by atoms with Gasteiger partial charge < -0.3 is 9.84 Å². The molecule has 1 aromatic rings. The lowest BCUT2D eigenvalue weighted by Crippen LogP contribution is -1.89. The number of hydrogen-bond donors (Lipinski definition) is 1. The highest BCUT2D eigenvalue weighted by atomic mass is 32.1. The van der Waals surface area contributed by atoms with Crippen molar-refractivity contribution in [3.05, 3.63) is 64.3 Å². The minimum Gasteiger partial charge on any atom is -0.504 e. The first-order chi connectivity index (χ1) is 10.5. The monoisotopic (exact) mass is 318 g/mol. The zero-order chi connectivity index (χ0) is 16.5. The number of ether oxygens (including phenoxy) is 1. The molecule has 1 unspecified atom stereocenters. The highest BCUT2D eigenvalue weighted by Gasteiger charge is 2.10. The summed E-state index contributed by atoms with van der Waals surface area (Å²) in [5.74, 6) is 1.14. The molecule has 3 heteroatoms. The molecule has 0 spiro atoms. The van der Waals surface area contributed by atoms with Crippen molar-refractivity contribution < 1.29 is 9.84 Å². The predicted octanol–water partition coefficient (Wildman–Crippen LogP) is 6.21. The highest BCUT2D eigenvalue weighted by molar-refractivity contribution is 7.10. The molecule has 0 aliphatic carbocycles. The van der Waals surface area contributed by atoms with E-state index in [9.17, 15) is 5.11 Å². The van der Waals surface area contributed by atoms with Crippen LogP contribution in [0, 0.1) is 0 Å². The SMILES string of the molecule is C=CCC(C)c1cc(C(/C=C\CC)=C/C(O)=C(\C)OC)cs1. The standard InChI is InChI=1S/C19H26O2S/c1-6-8-10-16(11-18(20)15(4)21-5)17-12-19(22-13-17)14(3)9-7-2/h7-8,10-14,20H,2,6,9H2,1,3-5H3/b10-8-,16-11+,18-15-. The molecule has 2 nitrogen and oxygen atoms in total. The second-order valence-electron chi connectivity index (χ2n) is 5.22. The average Bonchev–Trinajstić information content (AvgIpc) is 3.00. The zero-order valence-electron chi connectivity index (χ0n) is 13.9. The normalized spacial score (nSPS) is 14.8. The van der Waals surface area contributed by atoms with Crippen molar-refractivity contribution >= 4 is 16.9 Å². The molecule has 0 amide bonds. The van der Waals surface area contributed by atoms with E-state index in [-0.39, 0.29) is 5.76 Å². The third-order valence-electron chi connectivity index (χ3n) is 3.45. The van der Waals surface area contributed by atoms with Gasteiger partial charge in [0.15, 0.2) is 5.76 Å². The molecule has 0 bridgehead atoms. The molecule has 0 aliphatic heterocycles. The maximum Gasteiger partial charge on any atom is 0.153 e. The van der Waals surface area contributed by atoms with Crippen molar-refractivity contribution in [2.75, 3.05) is 7.11 Å². The molecular weight excluding hydrogens is 292 g/mol. The second-order valence-corrected chi connectivity index (χ2v) is 6.16.